The molecule has 1 aromatic carbocycles. The van der Waals surface area contributed by atoms with Gasteiger partial charge in [0.2, 0.25) is 0 Å². The first kappa shape index (κ1) is 18.7. The van der Waals surface area contributed by atoms with Gasteiger partial charge >= 0.3 is 7.12 Å². The lowest BCUT2D eigenvalue weighted by atomic mass is 9.77. The predicted molar refractivity (Wildman–Crippen MR) is 93.7 cm³/mol. The summed E-state index contributed by atoms with van der Waals surface area (Å²) in [6, 6.07) is 6.85. The van der Waals surface area contributed by atoms with Crippen molar-refractivity contribution in [3.8, 4) is 6.07 Å². The SMILES string of the molecule is CNCC(=Cc1ccc(CC#N)c(F)c1)B1OC(C)(C)C(C)(C)O1. The van der Waals surface area contributed by atoms with Gasteiger partial charge in [0.05, 0.1) is 23.7 Å². The van der Waals surface area contributed by atoms with Crippen molar-refractivity contribution in [3.63, 3.8) is 0 Å². The first-order valence-corrected chi connectivity index (χ1v) is 8.06. The molecule has 24 heavy (non-hydrogen) atoms. The van der Waals surface area contributed by atoms with Crippen LogP contribution in [0.2, 0.25) is 0 Å². The molecule has 0 bridgehead atoms. The van der Waals surface area contributed by atoms with Gasteiger partial charge in [-0.2, -0.15) is 5.26 Å². The maximum atomic E-state index is 14.0. The fourth-order valence-electron chi connectivity index (χ4n) is 2.50. The van der Waals surface area contributed by atoms with Gasteiger partial charge in [-0.1, -0.05) is 18.2 Å². The van der Waals surface area contributed by atoms with E-state index < -0.39 is 18.3 Å². The van der Waals surface area contributed by atoms with Gasteiger partial charge < -0.3 is 14.6 Å². The van der Waals surface area contributed by atoms with Crippen LogP contribution in [0.25, 0.3) is 6.08 Å². The zero-order valence-electron chi connectivity index (χ0n) is 14.9. The smallest absolute Gasteiger partial charge is 0.400 e. The normalized spacial score (nSPS) is 19.4. The van der Waals surface area contributed by atoms with E-state index in [9.17, 15) is 4.39 Å². The van der Waals surface area contributed by atoms with Crippen LogP contribution in [0.15, 0.2) is 23.7 Å². The van der Waals surface area contributed by atoms with Gasteiger partial charge in [-0.3, -0.25) is 0 Å². The first-order valence-electron chi connectivity index (χ1n) is 8.06. The summed E-state index contributed by atoms with van der Waals surface area (Å²) >= 11 is 0. The molecule has 1 aromatic rings. The molecule has 0 saturated carbocycles. The highest BCUT2D eigenvalue weighted by Gasteiger charge is 2.52. The Morgan fingerprint density at radius 1 is 1.29 bits per heavy atom. The molecule has 1 aliphatic rings. The molecule has 0 amide bonds. The minimum Gasteiger partial charge on any atom is -0.400 e. The highest BCUT2D eigenvalue weighted by atomic mass is 19.1. The molecule has 1 saturated heterocycles. The lowest BCUT2D eigenvalue weighted by Crippen LogP contribution is -2.41. The minimum atomic E-state index is -0.482. The monoisotopic (exact) mass is 330 g/mol. The van der Waals surface area contributed by atoms with Crippen molar-refractivity contribution in [2.75, 3.05) is 13.6 Å². The zero-order valence-corrected chi connectivity index (χ0v) is 14.9. The summed E-state index contributed by atoms with van der Waals surface area (Å²) in [6.07, 6.45) is 1.94. The number of nitrogens with zero attached hydrogens (tertiary/aromatic N) is 1. The third-order valence-electron chi connectivity index (χ3n) is 4.64. The third-order valence-corrected chi connectivity index (χ3v) is 4.64. The van der Waals surface area contributed by atoms with Crippen LogP contribution in [0.1, 0.15) is 38.8 Å². The molecule has 1 N–H and O–H groups in total. The summed E-state index contributed by atoms with van der Waals surface area (Å²) in [4.78, 5) is 0. The van der Waals surface area contributed by atoms with E-state index in [1.165, 1.54) is 6.07 Å². The molecule has 0 aliphatic carbocycles. The highest BCUT2D eigenvalue weighted by molar-refractivity contribution is 6.55. The van der Waals surface area contributed by atoms with Crippen molar-refractivity contribution in [1.29, 1.82) is 5.26 Å². The Labute approximate surface area is 143 Å². The molecular weight excluding hydrogens is 306 g/mol. The van der Waals surface area contributed by atoms with E-state index in [1.807, 2.05) is 46.9 Å². The summed E-state index contributed by atoms with van der Waals surface area (Å²) < 4.78 is 26.2. The number of hydrogen-bond acceptors (Lipinski definition) is 4. The Kier molecular flexibility index (Phi) is 5.49. The predicted octanol–water partition coefficient (Wildman–Crippen LogP) is 3.13. The van der Waals surface area contributed by atoms with E-state index >= 15 is 0 Å². The van der Waals surface area contributed by atoms with Crippen molar-refractivity contribution < 1.29 is 13.7 Å². The van der Waals surface area contributed by atoms with E-state index in [0.717, 1.165) is 5.47 Å². The molecule has 4 nitrogen and oxygen atoms in total. The van der Waals surface area contributed by atoms with Gasteiger partial charge in [0, 0.05) is 12.1 Å². The van der Waals surface area contributed by atoms with Crippen LogP contribution in [0.5, 0.6) is 0 Å². The van der Waals surface area contributed by atoms with Crippen LogP contribution in [0.4, 0.5) is 4.39 Å². The molecular formula is C18H24BFN2O2. The fraction of sp³-hybridized carbons (Fsp3) is 0.500. The Balaban J connectivity index is 2.30. The van der Waals surface area contributed by atoms with Crippen LogP contribution in [0.3, 0.4) is 0 Å². The van der Waals surface area contributed by atoms with E-state index in [4.69, 9.17) is 14.6 Å². The van der Waals surface area contributed by atoms with E-state index in [2.05, 4.69) is 5.32 Å². The number of nitriles is 1. The standard InChI is InChI=1S/C18H24BFN2O2/c1-17(2)18(3,4)24-19(23-17)15(12-22-5)10-13-6-7-14(8-9-21)16(20)11-13/h6-7,10-11,22H,8,12H2,1-5H3. The molecule has 0 spiro atoms. The van der Waals surface area contributed by atoms with Gasteiger partial charge in [0.1, 0.15) is 5.82 Å². The molecule has 1 aliphatic heterocycles. The number of rotatable bonds is 5. The van der Waals surface area contributed by atoms with Crippen LogP contribution in [0, 0.1) is 17.1 Å². The average molecular weight is 330 g/mol. The summed E-state index contributed by atoms with van der Waals surface area (Å²) in [5.74, 6) is -0.372. The second-order valence-corrected chi connectivity index (χ2v) is 7.02. The van der Waals surface area contributed by atoms with Crippen molar-refractivity contribution in [2.24, 2.45) is 0 Å². The van der Waals surface area contributed by atoms with E-state index in [1.54, 1.807) is 12.1 Å². The number of hydrogen-bond donors (Lipinski definition) is 1. The number of likely N-dealkylation sites (N-methyl/N-ethyl adjacent to an activating group) is 1. The largest absolute Gasteiger partial charge is 0.491 e. The molecule has 2 rings (SSSR count). The molecule has 0 radical (unpaired) electrons. The number of nitrogens with one attached hydrogen (secondary N) is 1. The molecule has 6 heteroatoms. The number of halogens is 1. The minimum absolute atomic E-state index is 0.0659. The summed E-state index contributed by atoms with van der Waals surface area (Å²) in [6.45, 7) is 8.57. The molecule has 0 atom stereocenters. The molecule has 1 heterocycles. The van der Waals surface area contributed by atoms with E-state index in [-0.39, 0.29) is 12.2 Å². The fourth-order valence-corrected chi connectivity index (χ4v) is 2.50. The van der Waals surface area contributed by atoms with Gasteiger partial charge in [-0.05, 0) is 51.8 Å². The van der Waals surface area contributed by atoms with Crippen LogP contribution >= 0.6 is 0 Å². The number of benzene rings is 1. The summed E-state index contributed by atoms with van der Waals surface area (Å²) in [7, 11) is 1.36. The summed E-state index contributed by atoms with van der Waals surface area (Å²) in [5, 5.41) is 11.8. The van der Waals surface area contributed by atoms with Crippen LogP contribution < -0.4 is 5.32 Å². The average Bonchev–Trinajstić information content (AvgIpc) is 2.70. The topological polar surface area (TPSA) is 54.3 Å². The second-order valence-electron chi connectivity index (χ2n) is 7.02. The zero-order chi connectivity index (χ0) is 18.0. The Morgan fingerprint density at radius 3 is 2.42 bits per heavy atom. The first-order chi connectivity index (χ1) is 11.2. The van der Waals surface area contributed by atoms with Crippen molar-refractivity contribution in [1.82, 2.24) is 5.32 Å². The van der Waals surface area contributed by atoms with Crippen LogP contribution in [-0.4, -0.2) is 31.9 Å². The van der Waals surface area contributed by atoms with E-state index in [0.29, 0.717) is 17.7 Å². The molecule has 0 aromatic heterocycles. The molecule has 128 valence electrons. The maximum absolute atomic E-state index is 14.0. The quantitative estimate of drug-likeness (QED) is 0.843. The molecule has 0 unspecified atom stereocenters. The van der Waals surface area contributed by atoms with Gasteiger partial charge in [0.25, 0.3) is 0 Å². The Hall–Kier alpha value is -1.68. The second kappa shape index (κ2) is 7.06. The highest BCUT2D eigenvalue weighted by Crippen LogP contribution is 2.38. The van der Waals surface area contributed by atoms with Gasteiger partial charge in [-0.15, -0.1) is 0 Å². The Morgan fingerprint density at radius 2 is 1.92 bits per heavy atom. The Bertz CT molecular complexity index is 664. The van der Waals surface area contributed by atoms with Gasteiger partial charge in [0.15, 0.2) is 0 Å². The van der Waals surface area contributed by atoms with Crippen molar-refractivity contribution in [3.05, 3.63) is 40.6 Å². The molecule has 1 fully saturated rings. The van der Waals surface area contributed by atoms with Crippen molar-refractivity contribution in [2.45, 2.75) is 45.3 Å². The third kappa shape index (κ3) is 3.86. The lowest BCUT2D eigenvalue weighted by molar-refractivity contribution is 0.00578. The lowest BCUT2D eigenvalue weighted by Gasteiger charge is -2.32. The van der Waals surface area contributed by atoms with Crippen LogP contribution in [-0.2, 0) is 15.7 Å². The van der Waals surface area contributed by atoms with Gasteiger partial charge in [-0.25, -0.2) is 4.39 Å². The van der Waals surface area contributed by atoms with Crippen molar-refractivity contribution >= 4 is 13.2 Å². The summed E-state index contributed by atoms with van der Waals surface area (Å²) in [5.41, 5.74) is 1.16. The maximum Gasteiger partial charge on any atom is 0.491 e.